The van der Waals surface area contributed by atoms with Crippen LogP contribution in [0, 0.1) is 0 Å². The number of allylic oxidation sites excluding steroid dienone is 1. The second-order valence-electron chi connectivity index (χ2n) is 5.54. The third-order valence-corrected chi connectivity index (χ3v) is 3.88. The number of benzene rings is 3. The summed E-state index contributed by atoms with van der Waals surface area (Å²) >= 11 is 0. The summed E-state index contributed by atoms with van der Waals surface area (Å²) in [5, 5.41) is 1.87. The fourth-order valence-electron chi connectivity index (χ4n) is 2.59. The predicted molar refractivity (Wildman–Crippen MR) is 96.9 cm³/mol. The summed E-state index contributed by atoms with van der Waals surface area (Å²) in [6, 6.07) is 17.2. The van der Waals surface area contributed by atoms with Gasteiger partial charge in [0.2, 0.25) is 0 Å². The molecule has 0 fully saturated rings. The molecule has 26 heavy (non-hydrogen) atoms. The molecule has 3 rings (SSSR count). The molecule has 132 valence electrons. The number of methoxy groups -OCH3 is 1. The third kappa shape index (κ3) is 4.06. The Morgan fingerprint density at radius 3 is 2.50 bits per heavy atom. The molecule has 3 nitrogen and oxygen atoms in total. The lowest BCUT2D eigenvalue weighted by atomic mass is 10.0. The maximum atomic E-state index is 12.4. The van der Waals surface area contributed by atoms with Gasteiger partial charge in [0.25, 0.3) is 0 Å². The first kappa shape index (κ1) is 17.6. The summed E-state index contributed by atoms with van der Waals surface area (Å²) in [6.07, 6.45) is 2.82. The van der Waals surface area contributed by atoms with E-state index in [1.807, 2.05) is 24.3 Å². The fraction of sp³-hybridized carbons (Fsp3) is 0.0952. The second-order valence-corrected chi connectivity index (χ2v) is 5.54. The summed E-state index contributed by atoms with van der Waals surface area (Å²) in [7, 11) is 1.60. The van der Waals surface area contributed by atoms with Gasteiger partial charge in [-0.25, -0.2) is 0 Å². The van der Waals surface area contributed by atoms with Crippen LogP contribution in [-0.4, -0.2) is 19.5 Å². The minimum absolute atomic E-state index is 0.0251. The van der Waals surface area contributed by atoms with Gasteiger partial charge in [0, 0.05) is 11.1 Å². The summed E-state index contributed by atoms with van der Waals surface area (Å²) in [6.45, 7) is -2.92. The van der Waals surface area contributed by atoms with Crippen molar-refractivity contribution in [2.45, 2.75) is 6.61 Å². The van der Waals surface area contributed by atoms with E-state index in [0.29, 0.717) is 11.1 Å². The van der Waals surface area contributed by atoms with Crippen molar-refractivity contribution in [3.05, 3.63) is 77.9 Å². The molecule has 0 heterocycles. The first-order valence-corrected chi connectivity index (χ1v) is 7.91. The van der Waals surface area contributed by atoms with Gasteiger partial charge in [-0.05, 0) is 47.2 Å². The standard InChI is InChI=1S/C21H16F2O3/c1-25-18-10-8-15-12-17(7-6-16(15)13-18)19(24)11-9-14-4-2-3-5-20(14)26-21(22)23/h2-13,21H,1H3/b11-9+. The van der Waals surface area contributed by atoms with E-state index in [0.717, 1.165) is 16.5 Å². The van der Waals surface area contributed by atoms with Crippen LogP contribution in [0.2, 0.25) is 0 Å². The van der Waals surface area contributed by atoms with Gasteiger partial charge in [-0.1, -0.05) is 36.4 Å². The van der Waals surface area contributed by atoms with Gasteiger partial charge in [0.1, 0.15) is 11.5 Å². The molecule has 0 saturated carbocycles. The van der Waals surface area contributed by atoms with Crippen molar-refractivity contribution in [3.63, 3.8) is 0 Å². The highest BCUT2D eigenvalue weighted by atomic mass is 19.3. The number of rotatable bonds is 6. The topological polar surface area (TPSA) is 35.5 Å². The summed E-state index contributed by atoms with van der Waals surface area (Å²) in [5.74, 6) is 0.541. The predicted octanol–water partition coefficient (Wildman–Crippen LogP) is 5.35. The van der Waals surface area contributed by atoms with E-state index in [1.165, 1.54) is 18.2 Å². The van der Waals surface area contributed by atoms with Gasteiger partial charge >= 0.3 is 6.61 Å². The molecule has 5 heteroatoms. The first-order chi connectivity index (χ1) is 12.6. The fourth-order valence-corrected chi connectivity index (χ4v) is 2.59. The zero-order chi connectivity index (χ0) is 18.5. The van der Waals surface area contributed by atoms with Crippen LogP contribution in [0.25, 0.3) is 16.8 Å². The number of alkyl halides is 2. The Bertz CT molecular complexity index is 964. The van der Waals surface area contributed by atoms with Gasteiger partial charge in [0.05, 0.1) is 7.11 Å². The molecule has 0 aliphatic rings. The molecule has 0 aromatic heterocycles. The lowest BCUT2D eigenvalue weighted by molar-refractivity contribution is -0.0499. The number of ketones is 1. The van der Waals surface area contributed by atoms with Crippen LogP contribution in [0.4, 0.5) is 8.78 Å². The monoisotopic (exact) mass is 354 g/mol. The molecule has 0 saturated heterocycles. The van der Waals surface area contributed by atoms with Crippen LogP contribution >= 0.6 is 0 Å². The van der Waals surface area contributed by atoms with Crippen LogP contribution in [-0.2, 0) is 0 Å². The van der Waals surface area contributed by atoms with E-state index < -0.39 is 6.61 Å². The zero-order valence-corrected chi connectivity index (χ0v) is 14.0. The lowest BCUT2D eigenvalue weighted by Gasteiger charge is -2.07. The van der Waals surface area contributed by atoms with E-state index in [1.54, 1.807) is 37.4 Å². The molecule has 0 aliphatic heterocycles. The number of halogens is 2. The molecule has 0 spiro atoms. The van der Waals surface area contributed by atoms with Crippen LogP contribution in [0.5, 0.6) is 11.5 Å². The first-order valence-electron chi connectivity index (χ1n) is 7.91. The smallest absolute Gasteiger partial charge is 0.387 e. The highest BCUT2D eigenvalue weighted by Gasteiger charge is 2.08. The Labute approximate surface area is 149 Å². The zero-order valence-electron chi connectivity index (χ0n) is 14.0. The van der Waals surface area contributed by atoms with E-state index >= 15 is 0 Å². The lowest BCUT2D eigenvalue weighted by Crippen LogP contribution is -2.03. The molecule has 0 atom stereocenters. The molecule has 0 unspecified atom stereocenters. The molecular weight excluding hydrogens is 338 g/mol. The average molecular weight is 354 g/mol. The molecule has 3 aromatic rings. The number of hydrogen-bond acceptors (Lipinski definition) is 3. The van der Waals surface area contributed by atoms with Gasteiger partial charge < -0.3 is 9.47 Å². The van der Waals surface area contributed by atoms with E-state index in [-0.39, 0.29) is 11.5 Å². The van der Waals surface area contributed by atoms with Crippen molar-refractivity contribution in [1.82, 2.24) is 0 Å². The van der Waals surface area contributed by atoms with Crippen molar-refractivity contribution in [3.8, 4) is 11.5 Å². The SMILES string of the molecule is COc1ccc2cc(C(=O)/C=C/c3ccccc3OC(F)F)ccc2c1. The van der Waals surface area contributed by atoms with Crippen molar-refractivity contribution in [2.24, 2.45) is 0 Å². The highest BCUT2D eigenvalue weighted by molar-refractivity contribution is 6.08. The third-order valence-electron chi connectivity index (χ3n) is 3.88. The average Bonchev–Trinajstić information content (AvgIpc) is 2.65. The molecule has 0 bridgehead atoms. The molecule has 3 aromatic carbocycles. The molecule has 0 radical (unpaired) electrons. The number of hydrogen-bond donors (Lipinski definition) is 0. The van der Waals surface area contributed by atoms with Crippen molar-refractivity contribution in [1.29, 1.82) is 0 Å². The Hall–Kier alpha value is -3.21. The van der Waals surface area contributed by atoms with Crippen LogP contribution < -0.4 is 9.47 Å². The highest BCUT2D eigenvalue weighted by Crippen LogP contribution is 2.24. The number of carbonyl (C=O) groups is 1. The number of carbonyl (C=O) groups excluding carboxylic acids is 1. The van der Waals surface area contributed by atoms with Gasteiger partial charge in [-0.15, -0.1) is 0 Å². The summed E-state index contributed by atoms with van der Waals surface area (Å²) in [4.78, 5) is 12.4. The van der Waals surface area contributed by atoms with Gasteiger partial charge in [0.15, 0.2) is 5.78 Å². The molecule has 0 N–H and O–H groups in total. The largest absolute Gasteiger partial charge is 0.497 e. The van der Waals surface area contributed by atoms with E-state index in [2.05, 4.69) is 4.74 Å². The normalized spacial score (nSPS) is 11.2. The number of ether oxygens (including phenoxy) is 2. The van der Waals surface area contributed by atoms with Crippen LogP contribution in [0.3, 0.4) is 0 Å². The number of fused-ring (bicyclic) bond motifs is 1. The van der Waals surface area contributed by atoms with Crippen LogP contribution in [0.1, 0.15) is 15.9 Å². The second kappa shape index (κ2) is 7.78. The summed E-state index contributed by atoms with van der Waals surface area (Å²) < 4.78 is 34.5. The van der Waals surface area contributed by atoms with Crippen molar-refractivity contribution >= 4 is 22.6 Å². The molecular formula is C21H16F2O3. The Morgan fingerprint density at radius 2 is 1.73 bits per heavy atom. The maximum Gasteiger partial charge on any atom is 0.387 e. The van der Waals surface area contributed by atoms with Crippen molar-refractivity contribution < 1.29 is 23.0 Å². The van der Waals surface area contributed by atoms with Crippen molar-refractivity contribution in [2.75, 3.05) is 7.11 Å². The van der Waals surface area contributed by atoms with Gasteiger partial charge in [-0.2, -0.15) is 8.78 Å². The Balaban J connectivity index is 1.84. The number of para-hydroxylation sites is 1. The van der Waals surface area contributed by atoms with E-state index in [9.17, 15) is 13.6 Å². The summed E-state index contributed by atoms with van der Waals surface area (Å²) in [5.41, 5.74) is 0.915. The van der Waals surface area contributed by atoms with Gasteiger partial charge in [-0.3, -0.25) is 4.79 Å². The molecule has 0 aliphatic carbocycles. The van der Waals surface area contributed by atoms with E-state index in [4.69, 9.17) is 4.74 Å². The minimum Gasteiger partial charge on any atom is -0.497 e. The Kier molecular flexibility index (Phi) is 5.27. The quantitative estimate of drug-likeness (QED) is 0.442. The molecule has 0 amide bonds. The maximum absolute atomic E-state index is 12.4. The Morgan fingerprint density at radius 1 is 1.00 bits per heavy atom. The minimum atomic E-state index is -2.92. The van der Waals surface area contributed by atoms with Crippen LogP contribution in [0.15, 0.2) is 66.7 Å².